The summed E-state index contributed by atoms with van der Waals surface area (Å²) in [4.78, 5) is 0. The van der Waals surface area contributed by atoms with Crippen LogP contribution in [0.2, 0.25) is 0 Å². The molecule has 0 bridgehead atoms. The molecule has 3 heteroatoms. The average Bonchev–Trinajstić information content (AvgIpc) is 3.34. The van der Waals surface area contributed by atoms with Gasteiger partial charge in [0.2, 0.25) is 17.1 Å². The molecule has 0 spiro atoms. The fraction of sp³-hybridized carbons (Fsp3) is 0.0714. The van der Waals surface area contributed by atoms with Crippen LogP contribution in [0.5, 0.6) is 0 Å². The maximum absolute atomic E-state index is 2.40. The highest BCUT2D eigenvalue weighted by atomic mass is 15.2. The molecule has 1 heterocycles. The summed E-state index contributed by atoms with van der Waals surface area (Å²) in [6.07, 6.45) is 6.38. The van der Waals surface area contributed by atoms with Crippen LogP contribution in [0.25, 0.3) is 50.4 Å². The van der Waals surface area contributed by atoms with E-state index in [4.69, 9.17) is 0 Å². The standard InChI is InChI=1S/C42H34N3/c1-42(2)40-22-10-9-21-38(40)39-24-23-34(27-41(39)42)32-14-11-13-31(25-32)33-15-12-20-37(26-33)45-29-43(35-16-5-3-6-17-35)28-44(30-45)36-18-7-4-8-19-36/h3-30H,1-2H3/q+3. The molecule has 0 radical (unpaired) electrons. The summed E-state index contributed by atoms with van der Waals surface area (Å²) in [7, 11) is 0. The fourth-order valence-electron chi connectivity index (χ4n) is 6.70. The van der Waals surface area contributed by atoms with E-state index >= 15 is 0 Å². The number of hydrogen-bond acceptors (Lipinski definition) is 0. The quantitative estimate of drug-likeness (QED) is 0.182. The first-order chi connectivity index (χ1) is 22.0. The Morgan fingerprint density at radius 1 is 0.356 bits per heavy atom. The minimum Gasteiger partial charge on any atom is -0.0619 e. The molecular weight excluding hydrogens is 546 g/mol. The highest BCUT2D eigenvalue weighted by Gasteiger charge is 2.35. The van der Waals surface area contributed by atoms with Gasteiger partial charge in [-0.2, -0.15) is 0 Å². The van der Waals surface area contributed by atoms with Crippen molar-refractivity contribution in [3.8, 4) is 50.4 Å². The molecule has 0 aliphatic heterocycles. The summed E-state index contributed by atoms with van der Waals surface area (Å²) >= 11 is 0. The van der Waals surface area contributed by atoms with Gasteiger partial charge in [-0.1, -0.05) is 131 Å². The monoisotopic (exact) mass is 580 g/mol. The Bertz CT molecular complexity index is 2130. The molecule has 1 aromatic heterocycles. The van der Waals surface area contributed by atoms with Gasteiger partial charge in [0.1, 0.15) is 0 Å². The van der Waals surface area contributed by atoms with Gasteiger partial charge in [-0.25, -0.2) is 0 Å². The first kappa shape index (κ1) is 26.9. The van der Waals surface area contributed by atoms with E-state index < -0.39 is 0 Å². The van der Waals surface area contributed by atoms with Crippen molar-refractivity contribution in [2.24, 2.45) is 0 Å². The van der Waals surface area contributed by atoms with Gasteiger partial charge in [-0.3, -0.25) is 0 Å². The zero-order chi connectivity index (χ0) is 30.4. The Hall–Kier alpha value is -5.67. The summed E-state index contributed by atoms with van der Waals surface area (Å²) in [6, 6.07) is 54.4. The predicted molar refractivity (Wildman–Crippen MR) is 179 cm³/mol. The summed E-state index contributed by atoms with van der Waals surface area (Å²) in [6.45, 7) is 4.68. The third-order valence-corrected chi connectivity index (χ3v) is 9.11. The maximum Gasteiger partial charge on any atom is 0.428 e. The van der Waals surface area contributed by atoms with Crippen LogP contribution in [0.1, 0.15) is 25.0 Å². The van der Waals surface area contributed by atoms with Gasteiger partial charge in [-0.05, 0) is 56.6 Å². The molecule has 45 heavy (non-hydrogen) atoms. The molecule has 0 unspecified atom stereocenters. The topological polar surface area (TPSA) is 11.6 Å². The van der Waals surface area contributed by atoms with Crippen LogP contribution < -0.4 is 13.7 Å². The van der Waals surface area contributed by atoms with Crippen LogP contribution in [0, 0.1) is 0 Å². The Morgan fingerprint density at radius 3 is 1.47 bits per heavy atom. The number of nitrogens with zero attached hydrogens (tertiary/aromatic N) is 3. The molecular formula is C42H34N3+3. The molecule has 214 valence electrons. The van der Waals surface area contributed by atoms with Crippen LogP contribution >= 0.6 is 0 Å². The third kappa shape index (κ3) is 4.83. The van der Waals surface area contributed by atoms with Crippen LogP contribution in [0.4, 0.5) is 0 Å². The molecule has 0 amide bonds. The van der Waals surface area contributed by atoms with Crippen molar-refractivity contribution in [3.63, 3.8) is 0 Å². The summed E-state index contributed by atoms with van der Waals surface area (Å²) in [5, 5.41) is 0. The van der Waals surface area contributed by atoms with Crippen molar-refractivity contribution in [2.75, 3.05) is 0 Å². The molecule has 8 rings (SSSR count). The number of aromatic nitrogens is 3. The fourth-order valence-corrected chi connectivity index (χ4v) is 6.70. The molecule has 1 aliphatic carbocycles. The Kier molecular flexibility index (Phi) is 6.46. The summed E-state index contributed by atoms with van der Waals surface area (Å²) < 4.78 is 6.51. The van der Waals surface area contributed by atoms with Crippen LogP contribution in [-0.2, 0) is 5.41 Å². The minimum absolute atomic E-state index is 0.0198. The number of rotatable bonds is 5. The minimum atomic E-state index is -0.0198. The van der Waals surface area contributed by atoms with E-state index in [0.717, 1.165) is 17.1 Å². The van der Waals surface area contributed by atoms with Gasteiger partial charge >= 0.3 is 19.0 Å². The molecule has 3 nitrogen and oxygen atoms in total. The molecule has 7 aromatic rings. The number of hydrogen-bond donors (Lipinski definition) is 0. The van der Waals surface area contributed by atoms with E-state index in [2.05, 4.69) is 186 Å². The normalized spacial score (nSPS) is 12.8. The van der Waals surface area contributed by atoms with Crippen molar-refractivity contribution in [2.45, 2.75) is 19.3 Å². The lowest BCUT2D eigenvalue weighted by Crippen LogP contribution is -2.55. The Balaban J connectivity index is 1.18. The SMILES string of the molecule is CC1(C)c2ccccc2-c2ccc(-c3cccc(-c4cccc(-[n+]5c[n+](-c6ccccc6)c[n+](-c6ccccc6)c5)c4)c3)cc21. The Labute approximate surface area is 264 Å². The predicted octanol–water partition coefficient (Wildman–Crippen LogP) is 8.16. The number of para-hydroxylation sites is 2. The van der Waals surface area contributed by atoms with Gasteiger partial charge in [0.15, 0.2) is 0 Å². The number of benzene rings is 6. The smallest absolute Gasteiger partial charge is 0.0619 e. The van der Waals surface area contributed by atoms with E-state index in [0.29, 0.717) is 0 Å². The van der Waals surface area contributed by atoms with Crippen molar-refractivity contribution >= 4 is 0 Å². The van der Waals surface area contributed by atoms with E-state index in [1.54, 1.807) is 0 Å². The maximum atomic E-state index is 2.40. The van der Waals surface area contributed by atoms with Crippen molar-refractivity contribution in [1.29, 1.82) is 0 Å². The van der Waals surface area contributed by atoms with E-state index in [1.165, 1.54) is 44.5 Å². The third-order valence-electron chi connectivity index (χ3n) is 9.11. The van der Waals surface area contributed by atoms with Gasteiger partial charge in [-0.15, -0.1) is 0 Å². The van der Waals surface area contributed by atoms with Gasteiger partial charge in [0.25, 0.3) is 0 Å². The highest BCUT2D eigenvalue weighted by molar-refractivity contribution is 5.84. The molecule has 0 N–H and O–H groups in total. The first-order valence-corrected chi connectivity index (χ1v) is 15.5. The van der Waals surface area contributed by atoms with Gasteiger partial charge < -0.3 is 0 Å². The second kappa shape index (κ2) is 10.8. The molecule has 0 saturated carbocycles. The average molecular weight is 581 g/mol. The van der Waals surface area contributed by atoms with Gasteiger partial charge in [0, 0.05) is 41.8 Å². The molecule has 1 aliphatic rings. The van der Waals surface area contributed by atoms with Crippen LogP contribution in [-0.4, -0.2) is 0 Å². The molecule has 0 fully saturated rings. The Morgan fingerprint density at radius 2 is 0.822 bits per heavy atom. The zero-order valence-corrected chi connectivity index (χ0v) is 25.5. The highest BCUT2D eigenvalue weighted by Crippen LogP contribution is 2.49. The van der Waals surface area contributed by atoms with E-state index in [9.17, 15) is 0 Å². The van der Waals surface area contributed by atoms with Crippen LogP contribution in [0.15, 0.2) is 171 Å². The summed E-state index contributed by atoms with van der Waals surface area (Å²) in [5.41, 5.74) is 13.6. The molecule has 0 saturated heterocycles. The van der Waals surface area contributed by atoms with Crippen molar-refractivity contribution < 1.29 is 13.7 Å². The zero-order valence-electron chi connectivity index (χ0n) is 25.5. The molecule has 0 atom stereocenters. The lowest BCUT2D eigenvalue weighted by Gasteiger charge is -2.22. The van der Waals surface area contributed by atoms with Crippen molar-refractivity contribution in [1.82, 2.24) is 0 Å². The summed E-state index contributed by atoms with van der Waals surface area (Å²) in [5.74, 6) is 0. The lowest BCUT2D eigenvalue weighted by atomic mass is 9.81. The second-order valence-corrected chi connectivity index (χ2v) is 12.3. The largest absolute Gasteiger partial charge is 0.428 e. The van der Waals surface area contributed by atoms with Crippen LogP contribution in [0.3, 0.4) is 0 Å². The van der Waals surface area contributed by atoms with E-state index in [1.807, 2.05) is 12.1 Å². The first-order valence-electron chi connectivity index (χ1n) is 15.5. The lowest BCUT2D eigenvalue weighted by molar-refractivity contribution is -0.858. The molecule has 6 aromatic carbocycles. The van der Waals surface area contributed by atoms with E-state index in [-0.39, 0.29) is 5.41 Å². The van der Waals surface area contributed by atoms with Gasteiger partial charge in [0.05, 0.1) is 0 Å². The second-order valence-electron chi connectivity index (χ2n) is 12.3. The van der Waals surface area contributed by atoms with Crippen molar-refractivity contribution in [3.05, 3.63) is 182 Å². The number of fused-ring (bicyclic) bond motifs is 3.